The fourth-order valence-electron chi connectivity index (χ4n) is 2.09. The van der Waals surface area contributed by atoms with E-state index in [9.17, 15) is 0 Å². The zero-order valence-electron chi connectivity index (χ0n) is 11.3. The lowest BCUT2D eigenvalue weighted by Crippen LogP contribution is -2.11. The van der Waals surface area contributed by atoms with Gasteiger partial charge in [0.05, 0.1) is 5.69 Å². The van der Waals surface area contributed by atoms with Gasteiger partial charge in [-0.15, -0.1) is 16.4 Å². The molecule has 102 valence electrons. The summed E-state index contributed by atoms with van der Waals surface area (Å²) < 4.78 is 5.77. The maximum Gasteiger partial charge on any atom is 0.238 e. The second-order valence-electron chi connectivity index (χ2n) is 4.19. The van der Waals surface area contributed by atoms with Gasteiger partial charge in [0.25, 0.3) is 0 Å². The molecule has 2 aromatic heterocycles. The number of aromatic nitrogens is 2. The van der Waals surface area contributed by atoms with E-state index in [4.69, 9.17) is 10.5 Å². The number of nitrogens with zero attached hydrogens (tertiary/aromatic N) is 2. The summed E-state index contributed by atoms with van der Waals surface area (Å²) in [4.78, 5) is 1.17. The summed E-state index contributed by atoms with van der Waals surface area (Å²) >= 11 is 1.67. The molecule has 0 aliphatic rings. The minimum atomic E-state index is 0.436. The third-order valence-electron chi connectivity index (χ3n) is 3.06. The van der Waals surface area contributed by atoms with Crippen LogP contribution in [0.15, 0.2) is 17.5 Å². The number of rotatable bonds is 6. The number of thiophene rings is 1. The van der Waals surface area contributed by atoms with Crippen LogP contribution in [-0.4, -0.2) is 10.2 Å². The topological polar surface area (TPSA) is 61.0 Å². The van der Waals surface area contributed by atoms with Crippen molar-refractivity contribution >= 4 is 11.3 Å². The van der Waals surface area contributed by atoms with E-state index in [1.807, 2.05) is 17.5 Å². The fraction of sp³-hybridized carbons (Fsp3) is 0.429. The van der Waals surface area contributed by atoms with Crippen molar-refractivity contribution in [1.29, 1.82) is 0 Å². The molecule has 0 radical (unpaired) electrons. The molecule has 0 aliphatic heterocycles. The van der Waals surface area contributed by atoms with E-state index in [1.165, 1.54) is 10.4 Å². The summed E-state index contributed by atoms with van der Waals surface area (Å²) in [5.74, 6) is 0.574. The summed E-state index contributed by atoms with van der Waals surface area (Å²) in [7, 11) is 0. The van der Waals surface area contributed by atoms with Crippen LogP contribution in [0.4, 0.5) is 0 Å². The second-order valence-corrected chi connectivity index (χ2v) is 5.22. The summed E-state index contributed by atoms with van der Waals surface area (Å²) in [5, 5.41) is 10.5. The first-order valence-corrected chi connectivity index (χ1v) is 7.40. The quantitative estimate of drug-likeness (QED) is 0.882. The fourth-order valence-corrected chi connectivity index (χ4v) is 2.71. The molecular formula is C14H19N3OS. The molecule has 2 heterocycles. The van der Waals surface area contributed by atoms with E-state index in [2.05, 4.69) is 24.0 Å². The standard InChI is InChI=1S/C14H19N3OS/c1-3-11-12(8-15)14(17-16-13(11)4-2)18-9-10-6-5-7-19-10/h5-7H,3-4,8-9,15H2,1-2H3. The molecule has 0 aromatic carbocycles. The summed E-state index contributed by atoms with van der Waals surface area (Å²) in [6, 6.07) is 4.05. The van der Waals surface area contributed by atoms with Crippen LogP contribution in [0.2, 0.25) is 0 Å². The van der Waals surface area contributed by atoms with Crippen LogP contribution < -0.4 is 10.5 Å². The first kappa shape index (κ1) is 14.0. The van der Waals surface area contributed by atoms with Crippen molar-refractivity contribution in [3.8, 4) is 5.88 Å². The monoisotopic (exact) mass is 277 g/mol. The SMILES string of the molecule is CCc1nnc(OCc2cccs2)c(CN)c1CC. The van der Waals surface area contributed by atoms with E-state index in [0.717, 1.165) is 24.1 Å². The lowest BCUT2D eigenvalue weighted by molar-refractivity contribution is 0.289. The smallest absolute Gasteiger partial charge is 0.238 e. The van der Waals surface area contributed by atoms with Crippen molar-refractivity contribution in [1.82, 2.24) is 10.2 Å². The maximum absolute atomic E-state index is 5.85. The molecule has 19 heavy (non-hydrogen) atoms. The molecule has 0 aliphatic carbocycles. The zero-order valence-corrected chi connectivity index (χ0v) is 12.2. The first-order valence-electron chi connectivity index (χ1n) is 6.52. The van der Waals surface area contributed by atoms with Crippen LogP contribution in [0.1, 0.15) is 35.5 Å². The van der Waals surface area contributed by atoms with Crippen molar-refractivity contribution in [3.63, 3.8) is 0 Å². The molecule has 4 nitrogen and oxygen atoms in total. The van der Waals surface area contributed by atoms with E-state index >= 15 is 0 Å². The van der Waals surface area contributed by atoms with Gasteiger partial charge in [-0.3, -0.25) is 0 Å². The molecule has 0 spiro atoms. The Morgan fingerprint density at radius 3 is 2.63 bits per heavy atom. The van der Waals surface area contributed by atoms with Gasteiger partial charge in [0, 0.05) is 17.0 Å². The molecule has 2 aromatic rings. The normalized spacial score (nSPS) is 10.7. The Bertz CT molecular complexity index is 526. The van der Waals surface area contributed by atoms with Crippen LogP contribution in [0.5, 0.6) is 5.88 Å². The van der Waals surface area contributed by atoms with Gasteiger partial charge in [-0.25, -0.2) is 0 Å². The average molecular weight is 277 g/mol. The van der Waals surface area contributed by atoms with Gasteiger partial charge in [0.1, 0.15) is 6.61 Å². The minimum Gasteiger partial charge on any atom is -0.471 e. The number of ether oxygens (including phenoxy) is 1. The zero-order chi connectivity index (χ0) is 13.7. The van der Waals surface area contributed by atoms with Crippen LogP contribution in [-0.2, 0) is 26.0 Å². The summed E-state index contributed by atoms with van der Waals surface area (Å²) in [6.07, 6.45) is 1.77. The largest absolute Gasteiger partial charge is 0.471 e. The van der Waals surface area contributed by atoms with Gasteiger partial charge in [-0.05, 0) is 29.9 Å². The average Bonchev–Trinajstić information content (AvgIpc) is 2.96. The molecular weight excluding hydrogens is 258 g/mol. The number of nitrogens with two attached hydrogens (primary N) is 1. The van der Waals surface area contributed by atoms with Crippen LogP contribution >= 0.6 is 11.3 Å². The van der Waals surface area contributed by atoms with Crippen molar-refractivity contribution in [2.45, 2.75) is 39.8 Å². The van der Waals surface area contributed by atoms with Crippen LogP contribution in [0.3, 0.4) is 0 Å². The predicted octanol–water partition coefficient (Wildman–Crippen LogP) is 2.70. The highest BCUT2D eigenvalue weighted by Gasteiger charge is 2.14. The molecule has 0 saturated carbocycles. The molecule has 0 fully saturated rings. The summed E-state index contributed by atoms with van der Waals surface area (Å²) in [6.45, 7) is 5.15. The highest BCUT2D eigenvalue weighted by molar-refractivity contribution is 7.09. The Balaban J connectivity index is 2.24. The highest BCUT2D eigenvalue weighted by Crippen LogP contribution is 2.23. The van der Waals surface area contributed by atoms with E-state index in [0.29, 0.717) is 19.0 Å². The number of aryl methyl sites for hydroxylation is 1. The predicted molar refractivity (Wildman–Crippen MR) is 77.3 cm³/mol. The number of hydrogen-bond donors (Lipinski definition) is 1. The second kappa shape index (κ2) is 6.63. The Morgan fingerprint density at radius 1 is 1.21 bits per heavy atom. The van der Waals surface area contributed by atoms with Crippen molar-refractivity contribution in [2.75, 3.05) is 0 Å². The van der Waals surface area contributed by atoms with Crippen molar-refractivity contribution < 1.29 is 4.74 Å². The van der Waals surface area contributed by atoms with Gasteiger partial charge in [-0.1, -0.05) is 19.9 Å². The third kappa shape index (κ3) is 3.11. The molecule has 0 unspecified atom stereocenters. The van der Waals surface area contributed by atoms with Crippen molar-refractivity contribution in [2.24, 2.45) is 5.73 Å². The van der Waals surface area contributed by atoms with E-state index in [-0.39, 0.29) is 0 Å². The maximum atomic E-state index is 5.85. The Hall–Kier alpha value is -1.46. The third-order valence-corrected chi connectivity index (χ3v) is 3.91. The number of hydrogen-bond acceptors (Lipinski definition) is 5. The van der Waals surface area contributed by atoms with Gasteiger partial charge >= 0.3 is 0 Å². The van der Waals surface area contributed by atoms with E-state index < -0.39 is 0 Å². The Kier molecular flexibility index (Phi) is 4.87. The molecule has 0 bridgehead atoms. The van der Waals surface area contributed by atoms with Gasteiger partial charge in [0.15, 0.2) is 0 Å². The Labute approximate surface area is 117 Å². The van der Waals surface area contributed by atoms with Crippen LogP contribution in [0.25, 0.3) is 0 Å². The Morgan fingerprint density at radius 2 is 2.05 bits per heavy atom. The molecule has 2 rings (SSSR count). The minimum absolute atomic E-state index is 0.436. The van der Waals surface area contributed by atoms with Gasteiger partial charge in [0.2, 0.25) is 5.88 Å². The first-order chi connectivity index (χ1) is 9.30. The molecule has 5 heteroatoms. The van der Waals surface area contributed by atoms with Crippen LogP contribution in [0, 0.1) is 0 Å². The summed E-state index contributed by atoms with van der Waals surface area (Å²) in [5.41, 5.74) is 9.05. The highest BCUT2D eigenvalue weighted by atomic mass is 32.1. The molecule has 0 saturated heterocycles. The lowest BCUT2D eigenvalue weighted by atomic mass is 10.0. The van der Waals surface area contributed by atoms with E-state index in [1.54, 1.807) is 11.3 Å². The van der Waals surface area contributed by atoms with Gasteiger partial charge in [-0.2, -0.15) is 5.10 Å². The molecule has 2 N–H and O–H groups in total. The molecule has 0 amide bonds. The molecule has 0 atom stereocenters. The van der Waals surface area contributed by atoms with Gasteiger partial charge < -0.3 is 10.5 Å². The lowest BCUT2D eigenvalue weighted by Gasteiger charge is -2.14. The van der Waals surface area contributed by atoms with Crippen molar-refractivity contribution in [3.05, 3.63) is 39.2 Å².